The molecule has 0 radical (unpaired) electrons. The third-order valence-electron chi connectivity index (χ3n) is 5.50. The molecule has 0 amide bonds. The highest BCUT2D eigenvalue weighted by Crippen LogP contribution is 2.30. The zero-order valence-electron chi connectivity index (χ0n) is 16.8. The molecule has 31 heavy (non-hydrogen) atoms. The van der Waals surface area contributed by atoms with Crippen LogP contribution in [0.15, 0.2) is 42.0 Å². The number of pyridine rings is 1. The van der Waals surface area contributed by atoms with Crippen LogP contribution in [0.5, 0.6) is 0 Å². The number of hydrogen-bond donors (Lipinski definition) is 2. The molecule has 3 aromatic rings. The summed E-state index contributed by atoms with van der Waals surface area (Å²) in [7, 11) is 0. The van der Waals surface area contributed by atoms with Gasteiger partial charge >= 0.3 is 0 Å². The van der Waals surface area contributed by atoms with Crippen molar-refractivity contribution >= 4 is 22.8 Å². The Labute approximate surface area is 182 Å². The van der Waals surface area contributed by atoms with Gasteiger partial charge in [-0.05, 0) is 18.2 Å². The Bertz CT molecular complexity index is 1070. The number of nitrogens with zero attached hydrogens (tertiary/aromatic N) is 3. The number of thiazole rings is 1. The van der Waals surface area contributed by atoms with Gasteiger partial charge in [0, 0.05) is 60.5 Å². The Morgan fingerprint density at radius 2 is 2.03 bits per heavy atom. The van der Waals surface area contributed by atoms with Crippen molar-refractivity contribution in [2.75, 3.05) is 18.0 Å². The third kappa shape index (κ3) is 4.34. The zero-order valence-corrected chi connectivity index (χ0v) is 17.6. The minimum atomic E-state index is -0.722. The summed E-state index contributed by atoms with van der Waals surface area (Å²) in [5.74, 6) is -1.73. The molecule has 3 heterocycles. The van der Waals surface area contributed by atoms with E-state index in [1.807, 2.05) is 17.9 Å². The number of nitrogens with two attached hydrogens (primary N) is 1. The van der Waals surface area contributed by atoms with Gasteiger partial charge in [-0.2, -0.15) is 0 Å². The van der Waals surface area contributed by atoms with Gasteiger partial charge in [0.05, 0.1) is 11.7 Å². The van der Waals surface area contributed by atoms with Crippen molar-refractivity contribution in [2.45, 2.75) is 25.5 Å². The molecule has 3 atom stereocenters. The van der Waals surface area contributed by atoms with Crippen LogP contribution in [0.3, 0.4) is 0 Å². The van der Waals surface area contributed by atoms with Crippen molar-refractivity contribution in [1.29, 1.82) is 0 Å². The van der Waals surface area contributed by atoms with Crippen molar-refractivity contribution in [3.63, 3.8) is 0 Å². The average Bonchev–Trinajstić information content (AvgIpc) is 3.22. The molecule has 1 aromatic carbocycles. The molecule has 4 rings (SSSR count). The van der Waals surface area contributed by atoms with E-state index in [2.05, 4.69) is 9.97 Å². The first kappa shape index (κ1) is 21.5. The largest absolute Gasteiger partial charge is 0.391 e. The van der Waals surface area contributed by atoms with E-state index in [1.54, 1.807) is 12.4 Å². The molecule has 3 N–H and O–H groups in total. The molecule has 0 spiro atoms. The van der Waals surface area contributed by atoms with Crippen LogP contribution in [-0.2, 0) is 6.42 Å². The van der Waals surface area contributed by atoms with E-state index in [9.17, 15) is 18.7 Å². The highest BCUT2D eigenvalue weighted by atomic mass is 32.1. The van der Waals surface area contributed by atoms with Crippen LogP contribution in [0.4, 0.5) is 14.5 Å². The standard InChI is InChI=1S/C22H22F2N4O2S/c1-12-9-28(10-16(25)21(12)30)18-5-6-26-8-13(18)7-19(29)17-11-31-22(27-17)20-14(23)3-2-4-15(20)24/h2-6,8,11-12,16,21,30H,7,9-10,25H2,1H3/t12-,16+,21+/m0/s1. The second kappa shape index (κ2) is 8.78. The lowest BCUT2D eigenvalue weighted by Crippen LogP contribution is -2.55. The number of hydrogen-bond acceptors (Lipinski definition) is 7. The van der Waals surface area contributed by atoms with Gasteiger partial charge in [0.2, 0.25) is 0 Å². The summed E-state index contributed by atoms with van der Waals surface area (Å²) in [5, 5.41) is 11.8. The number of anilines is 1. The number of carbonyl (C=O) groups is 1. The van der Waals surface area contributed by atoms with Crippen LogP contribution in [0, 0.1) is 17.6 Å². The predicted octanol–water partition coefficient (Wildman–Crippen LogP) is 3.05. The molecular weight excluding hydrogens is 422 g/mol. The van der Waals surface area contributed by atoms with Gasteiger partial charge in [-0.25, -0.2) is 13.8 Å². The summed E-state index contributed by atoms with van der Waals surface area (Å²) in [6, 6.07) is 5.03. The number of aliphatic hydroxyl groups excluding tert-OH is 1. The topological polar surface area (TPSA) is 92.3 Å². The molecule has 1 fully saturated rings. The molecule has 162 valence electrons. The molecule has 2 aromatic heterocycles. The molecule has 0 saturated carbocycles. The number of piperidine rings is 1. The van der Waals surface area contributed by atoms with E-state index in [-0.39, 0.29) is 34.4 Å². The van der Waals surface area contributed by atoms with Crippen LogP contribution in [0.1, 0.15) is 23.0 Å². The number of benzene rings is 1. The fourth-order valence-corrected chi connectivity index (χ4v) is 4.73. The lowest BCUT2D eigenvalue weighted by molar-refractivity contribution is 0.0784. The van der Waals surface area contributed by atoms with Crippen LogP contribution in [-0.4, -0.2) is 46.1 Å². The van der Waals surface area contributed by atoms with Gasteiger partial charge in [-0.15, -0.1) is 11.3 Å². The normalized spacial score (nSPS) is 21.3. The van der Waals surface area contributed by atoms with Gasteiger partial charge in [0.25, 0.3) is 0 Å². The molecule has 0 unspecified atom stereocenters. The molecule has 0 bridgehead atoms. The summed E-state index contributed by atoms with van der Waals surface area (Å²) in [6.45, 7) is 3.00. The molecule has 6 nitrogen and oxygen atoms in total. The van der Waals surface area contributed by atoms with Crippen LogP contribution >= 0.6 is 11.3 Å². The van der Waals surface area contributed by atoms with Gasteiger partial charge < -0.3 is 15.7 Å². The maximum Gasteiger partial charge on any atom is 0.186 e. The second-order valence-corrected chi connectivity index (χ2v) is 8.63. The van der Waals surface area contributed by atoms with E-state index < -0.39 is 23.8 Å². The fraction of sp³-hybridized carbons (Fsp3) is 0.318. The summed E-state index contributed by atoms with van der Waals surface area (Å²) in [6.07, 6.45) is 2.73. The van der Waals surface area contributed by atoms with Gasteiger partial charge in [0.1, 0.15) is 22.3 Å². The number of carbonyl (C=O) groups excluding carboxylic acids is 1. The first-order chi connectivity index (χ1) is 14.8. The predicted molar refractivity (Wildman–Crippen MR) is 115 cm³/mol. The van der Waals surface area contributed by atoms with E-state index >= 15 is 0 Å². The monoisotopic (exact) mass is 444 g/mol. The van der Waals surface area contributed by atoms with E-state index in [0.29, 0.717) is 18.7 Å². The quantitative estimate of drug-likeness (QED) is 0.588. The van der Waals surface area contributed by atoms with Crippen molar-refractivity contribution in [1.82, 2.24) is 9.97 Å². The molecule has 1 saturated heterocycles. The number of ketones is 1. The van der Waals surface area contributed by atoms with E-state index in [4.69, 9.17) is 5.73 Å². The van der Waals surface area contributed by atoms with Crippen LogP contribution in [0.2, 0.25) is 0 Å². The van der Waals surface area contributed by atoms with Gasteiger partial charge in [-0.1, -0.05) is 13.0 Å². The molecule has 1 aliphatic heterocycles. The number of aromatic nitrogens is 2. The summed E-state index contributed by atoms with van der Waals surface area (Å²) in [5.41, 5.74) is 7.52. The average molecular weight is 445 g/mol. The van der Waals surface area contributed by atoms with E-state index in [0.717, 1.165) is 29.2 Å². The molecular formula is C22H22F2N4O2S. The van der Waals surface area contributed by atoms with Crippen molar-refractivity contribution in [2.24, 2.45) is 11.7 Å². The summed E-state index contributed by atoms with van der Waals surface area (Å²) >= 11 is 1.02. The summed E-state index contributed by atoms with van der Waals surface area (Å²) in [4.78, 5) is 23.3. The molecule has 9 heteroatoms. The van der Waals surface area contributed by atoms with E-state index in [1.165, 1.54) is 11.4 Å². The summed E-state index contributed by atoms with van der Waals surface area (Å²) < 4.78 is 28.1. The minimum Gasteiger partial charge on any atom is -0.391 e. The Morgan fingerprint density at radius 1 is 1.29 bits per heavy atom. The molecule has 1 aliphatic rings. The number of halogens is 2. The van der Waals surface area contributed by atoms with Crippen molar-refractivity contribution in [3.05, 3.63) is 64.9 Å². The Morgan fingerprint density at radius 3 is 2.74 bits per heavy atom. The Hall–Kier alpha value is -2.75. The number of aliphatic hydroxyl groups is 1. The SMILES string of the molecule is C[C@H]1CN(c2ccncc2CC(=O)c2csc(-c3c(F)cccc3F)n2)C[C@@H](N)[C@@H]1O. The Kier molecular flexibility index (Phi) is 6.08. The first-order valence-corrected chi connectivity index (χ1v) is 10.8. The lowest BCUT2D eigenvalue weighted by atomic mass is 9.92. The zero-order chi connectivity index (χ0) is 22.1. The number of rotatable bonds is 5. The maximum absolute atomic E-state index is 14.0. The van der Waals surface area contributed by atoms with Crippen molar-refractivity contribution in [3.8, 4) is 10.6 Å². The van der Waals surface area contributed by atoms with Gasteiger partial charge in [0.15, 0.2) is 5.78 Å². The lowest BCUT2D eigenvalue weighted by Gasteiger charge is -2.40. The number of Topliss-reactive ketones (excluding diaryl/α,β-unsaturated/α-hetero) is 1. The van der Waals surface area contributed by atoms with Crippen LogP contribution in [0.25, 0.3) is 10.6 Å². The second-order valence-electron chi connectivity index (χ2n) is 7.78. The third-order valence-corrected chi connectivity index (χ3v) is 6.36. The first-order valence-electron chi connectivity index (χ1n) is 9.89. The highest BCUT2D eigenvalue weighted by Gasteiger charge is 2.32. The van der Waals surface area contributed by atoms with Crippen molar-refractivity contribution < 1.29 is 18.7 Å². The smallest absolute Gasteiger partial charge is 0.186 e. The molecule has 0 aliphatic carbocycles. The van der Waals surface area contributed by atoms with Crippen LogP contribution < -0.4 is 10.6 Å². The van der Waals surface area contributed by atoms with Gasteiger partial charge in [-0.3, -0.25) is 9.78 Å². The minimum absolute atomic E-state index is 0.0165. The Balaban J connectivity index is 1.56. The highest BCUT2D eigenvalue weighted by molar-refractivity contribution is 7.13. The fourth-order valence-electron chi connectivity index (χ4n) is 3.86. The maximum atomic E-state index is 14.0.